The van der Waals surface area contributed by atoms with Crippen LogP contribution in [-0.2, 0) is 10.4 Å². The van der Waals surface area contributed by atoms with Crippen molar-refractivity contribution in [3.63, 3.8) is 0 Å². The van der Waals surface area contributed by atoms with E-state index in [1.807, 2.05) is 0 Å². The molecule has 1 aliphatic rings. The van der Waals surface area contributed by atoms with Crippen molar-refractivity contribution in [2.45, 2.75) is 6.92 Å². The van der Waals surface area contributed by atoms with Gasteiger partial charge in [0.25, 0.3) is 0 Å². The zero-order chi connectivity index (χ0) is 9.64. The summed E-state index contributed by atoms with van der Waals surface area (Å²) in [6.07, 6.45) is 0. The van der Waals surface area contributed by atoms with E-state index in [2.05, 4.69) is 8.37 Å². The van der Waals surface area contributed by atoms with Crippen LogP contribution in [0.4, 0.5) is 5.69 Å². The second-order valence-corrected chi connectivity index (χ2v) is 3.85. The van der Waals surface area contributed by atoms with Gasteiger partial charge in [0.2, 0.25) is 5.75 Å². The van der Waals surface area contributed by atoms with Crippen LogP contribution in [0.1, 0.15) is 5.56 Å². The number of rotatable bonds is 0. The Hall–Kier alpha value is -1.43. The van der Waals surface area contributed by atoms with E-state index >= 15 is 0 Å². The summed E-state index contributed by atoms with van der Waals surface area (Å²) >= 11 is 0. The molecule has 0 bridgehead atoms. The number of hydrogen-bond acceptors (Lipinski definition) is 5. The molecule has 0 spiro atoms. The lowest BCUT2D eigenvalue weighted by Gasteiger charge is -2.00. The maximum atomic E-state index is 10.9. The number of benzene rings is 1. The van der Waals surface area contributed by atoms with Crippen LogP contribution in [0.3, 0.4) is 0 Å². The standard InChI is InChI=1S/C7H7NO4S/c1-4-2-3-5-7(6(4)8)12-13(9,10)11-5/h2-3H,8H2,1H3. The Morgan fingerprint density at radius 2 is 2.00 bits per heavy atom. The summed E-state index contributed by atoms with van der Waals surface area (Å²) < 4.78 is 30.7. The summed E-state index contributed by atoms with van der Waals surface area (Å²) in [4.78, 5) is 0. The first-order chi connectivity index (χ1) is 5.99. The number of anilines is 1. The third-order valence-electron chi connectivity index (χ3n) is 1.76. The molecule has 2 N–H and O–H groups in total. The van der Waals surface area contributed by atoms with E-state index < -0.39 is 10.4 Å². The minimum atomic E-state index is -3.92. The van der Waals surface area contributed by atoms with Gasteiger partial charge in [0.15, 0.2) is 5.75 Å². The third kappa shape index (κ3) is 1.19. The van der Waals surface area contributed by atoms with Crippen LogP contribution in [0.15, 0.2) is 12.1 Å². The van der Waals surface area contributed by atoms with Crippen molar-refractivity contribution in [3.05, 3.63) is 17.7 Å². The van der Waals surface area contributed by atoms with Gasteiger partial charge < -0.3 is 14.1 Å². The molecule has 0 amide bonds. The lowest BCUT2D eigenvalue weighted by molar-refractivity contribution is 0.437. The fraction of sp³-hybridized carbons (Fsp3) is 0.143. The molecule has 0 aromatic heterocycles. The van der Waals surface area contributed by atoms with Crippen molar-refractivity contribution in [3.8, 4) is 11.5 Å². The maximum absolute atomic E-state index is 10.9. The van der Waals surface area contributed by atoms with E-state index in [4.69, 9.17) is 5.73 Å². The van der Waals surface area contributed by atoms with E-state index in [9.17, 15) is 8.42 Å². The van der Waals surface area contributed by atoms with Crippen LogP contribution in [0, 0.1) is 6.92 Å². The van der Waals surface area contributed by atoms with Crippen molar-refractivity contribution in [1.29, 1.82) is 0 Å². The van der Waals surface area contributed by atoms with Crippen LogP contribution in [-0.4, -0.2) is 8.42 Å². The van der Waals surface area contributed by atoms with Gasteiger partial charge in [-0.1, -0.05) is 6.07 Å². The normalized spacial score (nSPS) is 17.3. The van der Waals surface area contributed by atoms with Crippen LogP contribution in [0.2, 0.25) is 0 Å². The van der Waals surface area contributed by atoms with Crippen molar-refractivity contribution < 1.29 is 16.8 Å². The number of nitrogens with two attached hydrogens (primary N) is 1. The highest BCUT2D eigenvalue weighted by Crippen LogP contribution is 2.41. The van der Waals surface area contributed by atoms with E-state index in [-0.39, 0.29) is 11.5 Å². The highest BCUT2D eigenvalue weighted by Gasteiger charge is 2.30. The summed E-state index contributed by atoms with van der Waals surface area (Å²) in [6.45, 7) is 1.75. The highest BCUT2D eigenvalue weighted by molar-refractivity contribution is 7.82. The summed E-state index contributed by atoms with van der Waals surface area (Å²) in [5.41, 5.74) is 6.63. The molecule has 70 valence electrons. The van der Waals surface area contributed by atoms with Crippen LogP contribution < -0.4 is 14.1 Å². The van der Waals surface area contributed by atoms with Crippen molar-refractivity contribution in [2.75, 3.05) is 5.73 Å². The van der Waals surface area contributed by atoms with Crippen molar-refractivity contribution in [2.24, 2.45) is 0 Å². The monoisotopic (exact) mass is 201 g/mol. The summed E-state index contributed by atoms with van der Waals surface area (Å²) in [5, 5.41) is 0. The molecule has 5 nitrogen and oxygen atoms in total. The Balaban J connectivity index is 2.65. The van der Waals surface area contributed by atoms with E-state index in [0.717, 1.165) is 5.56 Å². The Morgan fingerprint density at radius 3 is 2.69 bits per heavy atom. The molecule has 0 atom stereocenters. The minimum absolute atomic E-state index is 0.0833. The first kappa shape index (κ1) is 8.18. The summed E-state index contributed by atoms with van der Waals surface area (Å²) in [6, 6.07) is 3.17. The predicted octanol–water partition coefficient (Wildman–Crippen LogP) is 0.593. The Labute approximate surface area is 75.4 Å². The van der Waals surface area contributed by atoms with E-state index in [1.165, 1.54) is 6.07 Å². The molecular formula is C7H7NO4S. The Bertz CT molecular complexity index is 466. The SMILES string of the molecule is Cc1ccc2c(c1N)OS(=O)(=O)O2. The molecule has 13 heavy (non-hydrogen) atoms. The molecule has 0 aliphatic carbocycles. The molecule has 6 heteroatoms. The lowest BCUT2D eigenvalue weighted by atomic mass is 10.2. The first-order valence-electron chi connectivity index (χ1n) is 3.52. The topological polar surface area (TPSA) is 78.6 Å². The highest BCUT2D eigenvalue weighted by atomic mass is 32.3. The predicted molar refractivity (Wildman–Crippen MR) is 45.8 cm³/mol. The zero-order valence-electron chi connectivity index (χ0n) is 6.77. The Morgan fingerprint density at radius 1 is 1.31 bits per heavy atom. The number of hydrogen-bond donors (Lipinski definition) is 1. The minimum Gasteiger partial charge on any atom is -0.395 e. The fourth-order valence-corrected chi connectivity index (χ4v) is 1.82. The second kappa shape index (κ2) is 2.29. The number of nitrogen functional groups attached to an aromatic ring is 1. The van der Waals surface area contributed by atoms with Crippen molar-refractivity contribution in [1.82, 2.24) is 0 Å². The average molecular weight is 201 g/mol. The molecule has 0 saturated heterocycles. The molecule has 1 heterocycles. The molecule has 0 radical (unpaired) electrons. The molecule has 2 rings (SSSR count). The largest absolute Gasteiger partial charge is 0.501 e. The quantitative estimate of drug-likeness (QED) is 0.621. The molecule has 0 saturated carbocycles. The van der Waals surface area contributed by atoms with Gasteiger partial charge in [-0.15, -0.1) is 8.42 Å². The molecule has 1 aliphatic heterocycles. The van der Waals surface area contributed by atoms with Gasteiger partial charge in [0.05, 0.1) is 5.69 Å². The molecule has 0 unspecified atom stereocenters. The van der Waals surface area contributed by atoms with Gasteiger partial charge in [-0.2, -0.15) is 0 Å². The maximum Gasteiger partial charge on any atom is 0.501 e. The van der Waals surface area contributed by atoms with Crippen LogP contribution in [0.5, 0.6) is 11.5 Å². The fourth-order valence-electron chi connectivity index (χ4n) is 1.06. The first-order valence-corrected chi connectivity index (χ1v) is 4.86. The lowest BCUT2D eigenvalue weighted by Crippen LogP contribution is -2.08. The van der Waals surface area contributed by atoms with Gasteiger partial charge in [-0.25, -0.2) is 0 Å². The van der Waals surface area contributed by atoms with E-state index in [1.54, 1.807) is 13.0 Å². The smallest absolute Gasteiger partial charge is 0.395 e. The molecule has 1 aromatic rings. The van der Waals surface area contributed by atoms with Gasteiger partial charge in [-0.05, 0) is 18.6 Å². The van der Waals surface area contributed by atoms with Gasteiger partial charge >= 0.3 is 10.4 Å². The van der Waals surface area contributed by atoms with Crippen LogP contribution >= 0.6 is 0 Å². The third-order valence-corrected chi connectivity index (χ3v) is 2.51. The average Bonchev–Trinajstić information content (AvgIpc) is 2.34. The van der Waals surface area contributed by atoms with Gasteiger partial charge in [0.1, 0.15) is 0 Å². The second-order valence-electron chi connectivity index (χ2n) is 2.70. The Kier molecular flexibility index (Phi) is 1.44. The molecule has 1 aromatic carbocycles. The van der Waals surface area contributed by atoms with Crippen LogP contribution in [0.25, 0.3) is 0 Å². The van der Waals surface area contributed by atoms with Gasteiger partial charge in [0, 0.05) is 0 Å². The van der Waals surface area contributed by atoms with Gasteiger partial charge in [-0.3, -0.25) is 0 Å². The number of aryl methyl sites for hydroxylation is 1. The molecular weight excluding hydrogens is 194 g/mol. The zero-order valence-corrected chi connectivity index (χ0v) is 7.59. The summed E-state index contributed by atoms with van der Waals surface area (Å²) in [7, 11) is -3.92. The van der Waals surface area contributed by atoms with Crippen molar-refractivity contribution >= 4 is 16.1 Å². The summed E-state index contributed by atoms with van der Waals surface area (Å²) in [5.74, 6) is 0.225. The number of fused-ring (bicyclic) bond motifs is 1. The molecule has 0 fully saturated rings. The van der Waals surface area contributed by atoms with E-state index in [0.29, 0.717) is 5.69 Å².